The van der Waals surface area contributed by atoms with Gasteiger partial charge < -0.3 is 21.0 Å². The Morgan fingerprint density at radius 2 is 1.91 bits per heavy atom. The maximum Gasteiger partial charge on any atom is 0.459 e. The summed E-state index contributed by atoms with van der Waals surface area (Å²) in [5.74, 6) is -0.802. The lowest BCUT2D eigenvalue weighted by Crippen LogP contribution is -2.37. The summed E-state index contributed by atoms with van der Waals surface area (Å²) >= 11 is 5.54. The Hall–Kier alpha value is -1.83. The van der Waals surface area contributed by atoms with Gasteiger partial charge in [-0.25, -0.2) is 9.59 Å². The fourth-order valence-corrected chi connectivity index (χ4v) is 1.70. The molecule has 4 N–H and O–H groups in total. The second kappa shape index (κ2) is 9.99. The van der Waals surface area contributed by atoms with E-state index in [0.29, 0.717) is 19.4 Å². The van der Waals surface area contributed by atoms with Crippen LogP contribution in [0.1, 0.15) is 24.8 Å². The van der Waals surface area contributed by atoms with Crippen LogP contribution in [0.25, 0.3) is 0 Å². The first-order valence-electron chi connectivity index (χ1n) is 6.88. The van der Waals surface area contributed by atoms with Gasteiger partial charge in [-0.3, -0.25) is 0 Å². The number of benzene rings is 1. The molecule has 0 fully saturated rings. The maximum absolute atomic E-state index is 11.6. The molecular formula is C14H20ClN3O4. The molecule has 0 aliphatic carbocycles. The van der Waals surface area contributed by atoms with Crippen molar-refractivity contribution in [2.75, 3.05) is 6.54 Å². The molecule has 122 valence electrons. The van der Waals surface area contributed by atoms with Crippen LogP contribution < -0.4 is 11.5 Å². The molecule has 0 radical (unpaired) electrons. The standard InChI is InChI=1S/C14H20ClN3O4/c15-18(22-13(19)12(17)8-4-5-9-16)14(20)21-10-11-6-2-1-3-7-11/h1-3,6-7,12H,4-5,8-10,16-17H2/t12-/m0/s1. The topological polar surface area (TPSA) is 108 Å². The zero-order valence-electron chi connectivity index (χ0n) is 12.1. The fourth-order valence-electron chi connectivity index (χ4n) is 1.58. The van der Waals surface area contributed by atoms with E-state index in [9.17, 15) is 9.59 Å². The van der Waals surface area contributed by atoms with E-state index in [1.165, 1.54) is 0 Å². The van der Waals surface area contributed by atoms with Gasteiger partial charge in [0.1, 0.15) is 12.6 Å². The maximum atomic E-state index is 11.6. The molecule has 0 heterocycles. The van der Waals surface area contributed by atoms with Gasteiger partial charge in [0.2, 0.25) is 0 Å². The summed E-state index contributed by atoms with van der Waals surface area (Å²) in [4.78, 5) is 27.8. The van der Waals surface area contributed by atoms with Gasteiger partial charge in [0, 0.05) is 0 Å². The molecule has 0 saturated carbocycles. The Balaban J connectivity index is 2.32. The van der Waals surface area contributed by atoms with Crippen LogP contribution in [0, 0.1) is 0 Å². The second-order valence-electron chi connectivity index (χ2n) is 4.59. The summed E-state index contributed by atoms with van der Waals surface area (Å²) in [5, 5.41) is 0. The summed E-state index contributed by atoms with van der Waals surface area (Å²) in [6.07, 6.45) is 0.853. The number of rotatable bonds is 7. The molecule has 0 unspecified atom stereocenters. The van der Waals surface area contributed by atoms with Crippen molar-refractivity contribution in [3.05, 3.63) is 35.9 Å². The number of carbonyl (C=O) groups excluding carboxylic acids is 2. The normalized spacial score (nSPS) is 11.6. The van der Waals surface area contributed by atoms with Crippen LogP contribution in [0.3, 0.4) is 0 Å². The minimum Gasteiger partial charge on any atom is -0.442 e. The van der Waals surface area contributed by atoms with Crippen molar-refractivity contribution >= 4 is 23.8 Å². The molecule has 22 heavy (non-hydrogen) atoms. The summed E-state index contributed by atoms with van der Waals surface area (Å²) in [5.41, 5.74) is 11.7. The smallest absolute Gasteiger partial charge is 0.442 e. The number of amides is 1. The minimum atomic E-state index is -0.993. The third-order valence-electron chi connectivity index (χ3n) is 2.79. The SMILES string of the molecule is NCCCC[C@H](N)C(=O)ON(Cl)C(=O)OCc1ccccc1. The van der Waals surface area contributed by atoms with Crippen molar-refractivity contribution in [1.29, 1.82) is 0 Å². The van der Waals surface area contributed by atoms with E-state index in [1.807, 2.05) is 18.2 Å². The number of hydrogen-bond donors (Lipinski definition) is 2. The number of hydroxylamine groups is 1. The molecule has 0 saturated heterocycles. The highest BCUT2D eigenvalue weighted by molar-refractivity contribution is 6.19. The number of nitrogens with two attached hydrogens (primary N) is 2. The Morgan fingerprint density at radius 1 is 1.23 bits per heavy atom. The van der Waals surface area contributed by atoms with Crippen LogP contribution in [0.15, 0.2) is 30.3 Å². The average molecular weight is 330 g/mol. The van der Waals surface area contributed by atoms with Crippen molar-refractivity contribution in [2.45, 2.75) is 31.9 Å². The largest absolute Gasteiger partial charge is 0.459 e. The van der Waals surface area contributed by atoms with Gasteiger partial charge in [-0.05, 0) is 29.5 Å². The second-order valence-corrected chi connectivity index (χ2v) is 4.89. The molecule has 1 rings (SSSR count). The van der Waals surface area contributed by atoms with E-state index in [0.717, 1.165) is 12.0 Å². The average Bonchev–Trinajstić information content (AvgIpc) is 2.53. The van der Waals surface area contributed by atoms with Gasteiger partial charge >= 0.3 is 12.1 Å². The third-order valence-corrected chi connectivity index (χ3v) is 3.00. The number of carbonyl (C=O) groups is 2. The van der Waals surface area contributed by atoms with Crippen LogP contribution in [0.5, 0.6) is 0 Å². The summed E-state index contributed by atoms with van der Waals surface area (Å²) in [7, 11) is 0. The third kappa shape index (κ3) is 6.75. The zero-order chi connectivity index (χ0) is 16.4. The van der Waals surface area contributed by atoms with Crippen LogP contribution in [-0.4, -0.2) is 29.2 Å². The Labute approximate surface area is 134 Å². The highest BCUT2D eigenvalue weighted by Crippen LogP contribution is 2.08. The summed E-state index contributed by atoms with van der Waals surface area (Å²) in [6, 6.07) is 8.16. The molecular weight excluding hydrogens is 310 g/mol. The number of ether oxygens (including phenoxy) is 1. The molecule has 1 aromatic rings. The number of unbranched alkanes of at least 4 members (excludes halogenated alkanes) is 1. The lowest BCUT2D eigenvalue weighted by atomic mass is 10.1. The highest BCUT2D eigenvalue weighted by atomic mass is 35.5. The van der Waals surface area contributed by atoms with Crippen molar-refractivity contribution in [2.24, 2.45) is 11.5 Å². The molecule has 7 nitrogen and oxygen atoms in total. The lowest BCUT2D eigenvalue weighted by molar-refractivity contribution is -0.167. The molecule has 1 atom stereocenters. The summed E-state index contributed by atoms with van der Waals surface area (Å²) < 4.78 is 5.11. The van der Waals surface area contributed by atoms with Crippen LogP contribution >= 0.6 is 11.8 Å². The van der Waals surface area contributed by atoms with E-state index in [1.54, 1.807) is 12.1 Å². The Morgan fingerprint density at radius 3 is 2.55 bits per heavy atom. The predicted molar refractivity (Wildman–Crippen MR) is 81.3 cm³/mol. The van der Waals surface area contributed by atoms with Gasteiger partial charge in [-0.15, -0.1) is 0 Å². The molecule has 1 aromatic carbocycles. The monoisotopic (exact) mass is 329 g/mol. The van der Waals surface area contributed by atoms with Gasteiger partial charge in [-0.2, -0.15) is 0 Å². The van der Waals surface area contributed by atoms with E-state index in [-0.39, 0.29) is 11.2 Å². The van der Waals surface area contributed by atoms with Crippen molar-refractivity contribution in [3.63, 3.8) is 0 Å². The van der Waals surface area contributed by atoms with E-state index < -0.39 is 18.1 Å². The van der Waals surface area contributed by atoms with E-state index >= 15 is 0 Å². The van der Waals surface area contributed by atoms with Crippen molar-refractivity contribution in [3.8, 4) is 0 Å². The molecule has 0 bridgehead atoms. The molecule has 0 spiro atoms. The summed E-state index contributed by atoms with van der Waals surface area (Å²) in [6.45, 7) is 0.540. The van der Waals surface area contributed by atoms with Crippen molar-refractivity contribution < 1.29 is 19.2 Å². The van der Waals surface area contributed by atoms with E-state index in [2.05, 4.69) is 4.84 Å². The number of nitrogens with zero attached hydrogens (tertiary/aromatic N) is 1. The number of hydrogen-bond acceptors (Lipinski definition) is 6. The Kier molecular flexibility index (Phi) is 8.27. The van der Waals surface area contributed by atoms with E-state index in [4.69, 9.17) is 28.0 Å². The number of halogens is 1. The Bertz CT molecular complexity index is 472. The lowest BCUT2D eigenvalue weighted by Gasteiger charge is -2.15. The molecule has 1 amide bonds. The van der Waals surface area contributed by atoms with Gasteiger partial charge in [0.05, 0.1) is 11.8 Å². The predicted octanol–water partition coefficient (Wildman–Crippen LogP) is 1.69. The van der Waals surface area contributed by atoms with Gasteiger partial charge in [-0.1, -0.05) is 36.8 Å². The first-order chi connectivity index (χ1) is 10.5. The van der Waals surface area contributed by atoms with Crippen LogP contribution in [0.2, 0.25) is 0 Å². The molecule has 0 aliphatic rings. The fraction of sp³-hybridized carbons (Fsp3) is 0.429. The van der Waals surface area contributed by atoms with Crippen molar-refractivity contribution in [1.82, 2.24) is 4.58 Å². The molecule has 0 aromatic heterocycles. The van der Waals surface area contributed by atoms with Crippen LogP contribution in [-0.2, 0) is 21.0 Å². The zero-order valence-corrected chi connectivity index (χ0v) is 12.9. The minimum absolute atomic E-state index is 0.0169. The molecule has 0 aliphatic heterocycles. The quantitative estimate of drug-likeness (QED) is 0.448. The van der Waals surface area contributed by atoms with Crippen LogP contribution in [0.4, 0.5) is 4.79 Å². The van der Waals surface area contributed by atoms with Gasteiger partial charge in [0.25, 0.3) is 0 Å². The highest BCUT2D eigenvalue weighted by Gasteiger charge is 2.22. The first kappa shape index (κ1) is 18.2. The first-order valence-corrected chi connectivity index (χ1v) is 7.22. The van der Waals surface area contributed by atoms with Gasteiger partial charge in [0.15, 0.2) is 0 Å². The molecule has 8 heteroatoms.